The van der Waals surface area contributed by atoms with Gasteiger partial charge in [-0.1, -0.05) is 287 Å². The maximum atomic E-state index is 13.0. The van der Waals surface area contributed by atoms with E-state index in [0.29, 0.717) is 43.4 Å². The molecule has 0 aromatic heterocycles. The molecule has 0 aliphatic heterocycles. The third kappa shape index (κ3) is 62.8. The summed E-state index contributed by atoms with van der Waals surface area (Å²) in [6.45, 7) is 14.0. The Labute approximate surface area is 537 Å². The second-order valence-corrected chi connectivity index (χ2v) is 29.7. The van der Waals surface area contributed by atoms with Gasteiger partial charge >= 0.3 is 39.5 Å². The zero-order valence-electron chi connectivity index (χ0n) is 57.3. The lowest BCUT2D eigenvalue weighted by Crippen LogP contribution is -2.30. The Morgan fingerprint density at radius 2 is 0.477 bits per heavy atom. The van der Waals surface area contributed by atoms with Crippen molar-refractivity contribution in [3.63, 3.8) is 0 Å². The van der Waals surface area contributed by atoms with Gasteiger partial charge in [0.05, 0.1) is 26.4 Å². The summed E-state index contributed by atoms with van der Waals surface area (Å²) in [7, 11) is -9.90. The molecule has 0 aromatic rings. The predicted octanol–water partition coefficient (Wildman–Crippen LogP) is 19.3. The van der Waals surface area contributed by atoms with Crippen LogP contribution in [0.4, 0.5) is 0 Å². The van der Waals surface area contributed by atoms with Gasteiger partial charge in [-0.2, -0.15) is 0 Å². The minimum Gasteiger partial charge on any atom is -0.462 e. The number of rotatable bonds is 66. The number of esters is 4. The van der Waals surface area contributed by atoms with Crippen LogP contribution in [0.2, 0.25) is 0 Å². The molecule has 5 atom stereocenters. The summed E-state index contributed by atoms with van der Waals surface area (Å²) >= 11 is 0. The van der Waals surface area contributed by atoms with Crippen LogP contribution in [-0.2, 0) is 65.4 Å². The summed E-state index contributed by atoms with van der Waals surface area (Å²) in [5.74, 6) is 0.744. The quantitative estimate of drug-likeness (QED) is 0.0222. The molecule has 17 nitrogen and oxygen atoms in total. The van der Waals surface area contributed by atoms with Crippen LogP contribution in [0.1, 0.15) is 338 Å². The monoisotopic (exact) mass is 1300 g/mol. The molecule has 3 unspecified atom stereocenters. The average Bonchev–Trinajstić information content (AvgIpc) is 3.62. The minimum absolute atomic E-state index is 0.102. The molecule has 0 rings (SSSR count). The molecule has 0 saturated carbocycles. The molecule has 0 radical (unpaired) electrons. The molecule has 0 aliphatic rings. The van der Waals surface area contributed by atoms with Crippen molar-refractivity contribution in [2.75, 3.05) is 39.6 Å². The lowest BCUT2D eigenvalue weighted by molar-refractivity contribution is -0.161. The molecule has 88 heavy (non-hydrogen) atoms. The normalized spacial score (nSPS) is 14.3. The highest BCUT2D eigenvalue weighted by Crippen LogP contribution is 2.45. The first-order valence-corrected chi connectivity index (χ1v) is 38.7. The zero-order valence-corrected chi connectivity index (χ0v) is 59.1. The van der Waals surface area contributed by atoms with Crippen molar-refractivity contribution in [2.45, 2.75) is 356 Å². The van der Waals surface area contributed by atoms with Gasteiger partial charge in [0.1, 0.15) is 19.3 Å². The van der Waals surface area contributed by atoms with Crippen LogP contribution < -0.4 is 0 Å². The Balaban J connectivity index is 5.14. The van der Waals surface area contributed by atoms with Crippen LogP contribution in [0.5, 0.6) is 0 Å². The van der Waals surface area contributed by atoms with Crippen molar-refractivity contribution in [1.82, 2.24) is 0 Å². The first kappa shape index (κ1) is 86.1. The maximum absolute atomic E-state index is 13.0. The molecule has 0 bridgehead atoms. The van der Waals surface area contributed by atoms with E-state index in [1.54, 1.807) is 0 Å². The van der Waals surface area contributed by atoms with Crippen LogP contribution in [0, 0.1) is 23.7 Å². The maximum Gasteiger partial charge on any atom is 0.472 e. The van der Waals surface area contributed by atoms with Crippen LogP contribution in [0.25, 0.3) is 0 Å². The lowest BCUT2D eigenvalue weighted by Gasteiger charge is -2.21. The first-order valence-electron chi connectivity index (χ1n) is 35.7. The second kappa shape index (κ2) is 58.8. The van der Waals surface area contributed by atoms with Gasteiger partial charge in [-0.05, 0) is 49.4 Å². The molecule has 0 saturated heterocycles. The van der Waals surface area contributed by atoms with Crippen molar-refractivity contribution in [2.24, 2.45) is 23.7 Å². The third-order valence-electron chi connectivity index (χ3n) is 15.8. The summed E-state index contributed by atoms with van der Waals surface area (Å²) in [4.78, 5) is 72.3. The van der Waals surface area contributed by atoms with Crippen LogP contribution in [-0.4, -0.2) is 96.7 Å². The Hall–Kier alpha value is -1.94. The van der Waals surface area contributed by atoms with Gasteiger partial charge in [-0.25, -0.2) is 9.13 Å². The smallest absolute Gasteiger partial charge is 0.462 e. The fourth-order valence-electron chi connectivity index (χ4n) is 10.3. The highest BCUT2D eigenvalue weighted by atomic mass is 31.2. The Kier molecular flexibility index (Phi) is 57.6. The molecule has 0 aliphatic carbocycles. The largest absolute Gasteiger partial charge is 0.472 e. The van der Waals surface area contributed by atoms with E-state index in [-0.39, 0.29) is 25.7 Å². The molecule has 522 valence electrons. The summed E-state index contributed by atoms with van der Waals surface area (Å²) in [6.07, 6.45) is 40.8. The number of ether oxygens (including phenoxy) is 4. The van der Waals surface area contributed by atoms with Crippen molar-refractivity contribution >= 4 is 39.5 Å². The first-order chi connectivity index (χ1) is 42.1. The number of aliphatic hydroxyl groups is 1. The topological polar surface area (TPSA) is 237 Å². The molecule has 0 spiro atoms. The SMILES string of the molecule is CC(C)CCCCCCCCCCCCCCCCCCC(=O)OC[C@H](COP(=O)(O)OCC(O)COP(=O)(O)OC[C@@H](COC(=O)CCCCCCCCCC(C)C)OC(=O)CCCCCCCCCC(C)C)OC(=O)CCCCCCCCC(C)C. The van der Waals surface area contributed by atoms with E-state index in [1.807, 2.05) is 0 Å². The van der Waals surface area contributed by atoms with E-state index < -0.39 is 97.5 Å². The van der Waals surface area contributed by atoms with Crippen LogP contribution in [0.3, 0.4) is 0 Å². The average molecular weight is 1300 g/mol. The van der Waals surface area contributed by atoms with Gasteiger partial charge in [-0.3, -0.25) is 37.3 Å². The summed E-state index contributed by atoms with van der Waals surface area (Å²) in [5.41, 5.74) is 0. The molecule has 0 heterocycles. The number of unbranched alkanes of at least 4 members (excludes halogenated alkanes) is 32. The predicted molar refractivity (Wildman–Crippen MR) is 354 cm³/mol. The van der Waals surface area contributed by atoms with E-state index >= 15 is 0 Å². The Bertz CT molecular complexity index is 1750. The number of hydrogen-bond donors (Lipinski definition) is 3. The summed E-state index contributed by atoms with van der Waals surface area (Å²) < 4.78 is 68.1. The molecule has 19 heteroatoms. The van der Waals surface area contributed by atoms with Gasteiger partial charge in [0.15, 0.2) is 12.2 Å². The number of carbonyl (C=O) groups excluding carboxylic acids is 4. The third-order valence-corrected chi connectivity index (χ3v) is 17.7. The molecular weight excluding hydrogens is 1160 g/mol. The van der Waals surface area contributed by atoms with E-state index in [0.717, 1.165) is 102 Å². The number of phosphoric ester groups is 2. The highest BCUT2D eigenvalue weighted by Gasteiger charge is 2.30. The number of hydrogen-bond acceptors (Lipinski definition) is 15. The van der Waals surface area contributed by atoms with E-state index in [1.165, 1.54) is 135 Å². The number of phosphoric acid groups is 2. The van der Waals surface area contributed by atoms with Crippen LogP contribution >= 0.6 is 15.6 Å². The van der Waals surface area contributed by atoms with E-state index in [9.17, 15) is 43.2 Å². The van der Waals surface area contributed by atoms with E-state index in [4.69, 9.17) is 37.0 Å². The molecule has 0 amide bonds. The lowest BCUT2D eigenvalue weighted by atomic mass is 10.0. The number of carbonyl (C=O) groups is 4. The minimum atomic E-state index is -4.95. The molecule has 3 N–H and O–H groups in total. The summed E-state index contributed by atoms with van der Waals surface area (Å²) in [5, 5.41) is 10.6. The second-order valence-electron chi connectivity index (χ2n) is 26.8. The van der Waals surface area contributed by atoms with Gasteiger partial charge in [0, 0.05) is 25.7 Å². The fourth-order valence-corrected chi connectivity index (χ4v) is 11.9. The van der Waals surface area contributed by atoms with Gasteiger partial charge < -0.3 is 33.8 Å². The molecular formula is C69H134O17P2. The van der Waals surface area contributed by atoms with Crippen molar-refractivity contribution in [3.05, 3.63) is 0 Å². The van der Waals surface area contributed by atoms with E-state index in [2.05, 4.69) is 55.4 Å². The molecule has 0 fully saturated rings. The standard InChI is InChI=1S/C69H134O17P2/c1-59(2)45-37-29-21-17-15-13-11-9-10-12-14-16-18-24-33-41-49-66(71)79-56-65(86-69(74)52-44-36-28-27-32-40-48-62(7)8)58-84-88(77,78)82-54-63(70)53-81-87(75,76)83-57-64(85-68(73)51-43-35-26-20-23-31-39-47-61(5)6)55-80-67(72)50-42-34-25-19-22-30-38-46-60(3)4/h59-65,70H,9-58H2,1-8H3,(H,75,76)(H,77,78)/t63?,64-,65-/m1/s1. The Morgan fingerprint density at radius 3 is 0.705 bits per heavy atom. The van der Waals surface area contributed by atoms with Gasteiger partial charge in [0.25, 0.3) is 0 Å². The fraction of sp³-hybridized carbons (Fsp3) is 0.942. The highest BCUT2D eigenvalue weighted by molar-refractivity contribution is 7.47. The zero-order chi connectivity index (χ0) is 65.4. The van der Waals surface area contributed by atoms with Crippen molar-refractivity contribution in [3.8, 4) is 0 Å². The van der Waals surface area contributed by atoms with Crippen molar-refractivity contribution in [1.29, 1.82) is 0 Å². The molecule has 0 aromatic carbocycles. The van der Waals surface area contributed by atoms with Crippen LogP contribution in [0.15, 0.2) is 0 Å². The Morgan fingerprint density at radius 1 is 0.284 bits per heavy atom. The van der Waals surface area contributed by atoms with Gasteiger partial charge in [-0.15, -0.1) is 0 Å². The van der Waals surface area contributed by atoms with Gasteiger partial charge in [0.2, 0.25) is 0 Å². The van der Waals surface area contributed by atoms with Crippen molar-refractivity contribution < 1.29 is 80.2 Å². The summed E-state index contributed by atoms with van der Waals surface area (Å²) in [6, 6.07) is 0. The number of aliphatic hydroxyl groups excluding tert-OH is 1.